The Kier molecular flexibility index (Phi) is 4.86. The molecule has 1 aromatic carbocycles. The normalized spacial score (nSPS) is 12.6. The van der Waals surface area contributed by atoms with Crippen LogP contribution in [0.3, 0.4) is 0 Å². The highest BCUT2D eigenvalue weighted by Gasteiger charge is 2.12. The minimum Gasteiger partial charge on any atom is -0.386 e. The highest BCUT2D eigenvalue weighted by Crippen LogP contribution is 2.25. The number of aryl methyl sites for hydroxylation is 1. The quantitative estimate of drug-likeness (QED) is 0.855. The van der Waals surface area contributed by atoms with Crippen LogP contribution < -0.4 is 0 Å². The third-order valence-corrected chi connectivity index (χ3v) is 4.23. The largest absolute Gasteiger partial charge is 0.386 e. The summed E-state index contributed by atoms with van der Waals surface area (Å²) in [6, 6.07) is 9.96. The Morgan fingerprint density at radius 3 is 2.72 bits per heavy atom. The van der Waals surface area contributed by atoms with E-state index in [2.05, 4.69) is 21.0 Å². The molecule has 0 bridgehead atoms. The molecule has 2 rings (SSSR count). The zero-order chi connectivity index (χ0) is 13.0. The lowest BCUT2D eigenvalue weighted by atomic mass is 10.3. The highest BCUT2D eigenvalue weighted by molar-refractivity contribution is 9.10. The molecule has 0 spiro atoms. The van der Waals surface area contributed by atoms with Gasteiger partial charge in [-0.2, -0.15) is 5.10 Å². The van der Waals surface area contributed by atoms with Crippen LogP contribution in [0.5, 0.6) is 0 Å². The molecule has 0 fully saturated rings. The van der Waals surface area contributed by atoms with Crippen molar-refractivity contribution in [3.8, 4) is 0 Å². The van der Waals surface area contributed by atoms with Crippen LogP contribution in [0, 0.1) is 0 Å². The van der Waals surface area contributed by atoms with Crippen LogP contribution in [0.2, 0.25) is 0 Å². The maximum atomic E-state index is 10.1. The van der Waals surface area contributed by atoms with E-state index in [-0.39, 0.29) is 0 Å². The van der Waals surface area contributed by atoms with Gasteiger partial charge in [0.2, 0.25) is 0 Å². The maximum Gasteiger partial charge on any atom is 0.105 e. The fourth-order valence-corrected chi connectivity index (χ4v) is 2.80. The van der Waals surface area contributed by atoms with Crippen molar-refractivity contribution in [2.75, 3.05) is 5.75 Å². The van der Waals surface area contributed by atoms with E-state index in [1.807, 2.05) is 41.9 Å². The second kappa shape index (κ2) is 6.41. The molecule has 0 aliphatic carbocycles. The van der Waals surface area contributed by atoms with Gasteiger partial charge >= 0.3 is 0 Å². The third-order valence-electron chi connectivity index (χ3n) is 2.61. The van der Waals surface area contributed by atoms with Gasteiger partial charge < -0.3 is 5.11 Å². The van der Waals surface area contributed by atoms with Gasteiger partial charge in [0.05, 0.1) is 5.69 Å². The van der Waals surface area contributed by atoms with Gasteiger partial charge in [0.15, 0.2) is 0 Å². The Labute approximate surface area is 119 Å². The van der Waals surface area contributed by atoms with Crippen LogP contribution in [0.15, 0.2) is 45.9 Å². The molecule has 0 radical (unpaired) electrons. The SMILES string of the molecule is CCn1nccc1C(O)CSc1ccc(Br)cc1. The van der Waals surface area contributed by atoms with Crippen molar-refractivity contribution in [3.63, 3.8) is 0 Å². The van der Waals surface area contributed by atoms with Crippen molar-refractivity contribution in [3.05, 3.63) is 46.7 Å². The van der Waals surface area contributed by atoms with Crippen LogP contribution >= 0.6 is 27.7 Å². The summed E-state index contributed by atoms with van der Waals surface area (Å²) in [4.78, 5) is 1.15. The van der Waals surface area contributed by atoms with Crippen molar-refractivity contribution in [2.24, 2.45) is 0 Å². The summed E-state index contributed by atoms with van der Waals surface area (Å²) in [6.07, 6.45) is 1.24. The van der Waals surface area contributed by atoms with Crippen LogP contribution in [0.25, 0.3) is 0 Å². The number of halogens is 1. The number of hydrogen-bond acceptors (Lipinski definition) is 3. The van der Waals surface area contributed by atoms with E-state index in [0.717, 1.165) is 21.6 Å². The molecular weight excluding hydrogens is 312 g/mol. The van der Waals surface area contributed by atoms with Gasteiger partial charge in [0.1, 0.15) is 6.10 Å². The monoisotopic (exact) mass is 326 g/mol. The Hall–Kier alpha value is -0.780. The molecular formula is C13H15BrN2OS. The molecule has 0 saturated carbocycles. The Bertz CT molecular complexity index is 498. The summed E-state index contributed by atoms with van der Waals surface area (Å²) in [7, 11) is 0. The summed E-state index contributed by atoms with van der Waals surface area (Å²) in [5, 5.41) is 14.3. The molecule has 1 aromatic heterocycles. The first-order valence-corrected chi connectivity index (χ1v) is 7.56. The average molecular weight is 327 g/mol. The Morgan fingerprint density at radius 1 is 1.33 bits per heavy atom. The predicted molar refractivity (Wildman–Crippen MR) is 77.7 cm³/mol. The maximum absolute atomic E-state index is 10.1. The molecule has 1 unspecified atom stereocenters. The van der Waals surface area contributed by atoms with Crippen molar-refractivity contribution < 1.29 is 5.11 Å². The van der Waals surface area contributed by atoms with E-state index in [1.54, 1.807) is 18.0 Å². The summed E-state index contributed by atoms with van der Waals surface area (Å²) in [5.74, 6) is 0.632. The molecule has 0 saturated heterocycles. The minimum absolute atomic E-state index is 0.485. The number of aliphatic hydroxyl groups excluding tert-OH is 1. The van der Waals surface area contributed by atoms with E-state index in [0.29, 0.717) is 5.75 Å². The molecule has 1 N–H and O–H groups in total. The van der Waals surface area contributed by atoms with E-state index < -0.39 is 6.10 Å². The summed E-state index contributed by atoms with van der Waals surface area (Å²) < 4.78 is 2.89. The van der Waals surface area contributed by atoms with Gasteiger partial charge in [-0.25, -0.2) is 0 Å². The van der Waals surface area contributed by atoms with E-state index in [4.69, 9.17) is 0 Å². The molecule has 18 heavy (non-hydrogen) atoms. The van der Waals surface area contributed by atoms with Crippen molar-refractivity contribution in [1.29, 1.82) is 0 Å². The highest BCUT2D eigenvalue weighted by atomic mass is 79.9. The van der Waals surface area contributed by atoms with E-state index in [1.165, 1.54) is 0 Å². The molecule has 0 amide bonds. The smallest absolute Gasteiger partial charge is 0.105 e. The molecule has 1 heterocycles. The third kappa shape index (κ3) is 3.37. The number of thioether (sulfide) groups is 1. The first-order valence-electron chi connectivity index (χ1n) is 5.79. The lowest BCUT2D eigenvalue weighted by Gasteiger charge is -2.12. The summed E-state index contributed by atoms with van der Waals surface area (Å²) >= 11 is 5.05. The Balaban J connectivity index is 1.96. The number of rotatable bonds is 5. The van der Waals surface area contributed by atoms with E-state index in [9.17, 15) is 5.11 Å². The number of nitrogens with zero attached hydrogens (tertiary/aromatic N) is 2. The zero-order valence-electron chi connectivity index (χ0n) is 10.1. The zero-order valence-corrected chi connectivity index (χ0v) is 12.5. The molecule has 2 aromatic rings. The number of hydrogen-bond donors (Lipinski definition) is 1. The second-order valence-corrected chi connectivity index (χ2v) is 5.86. The van der Waals surface area contributed by atoms with E-state index >= 15 is 0 Å². The van der Waals surface area contributed by atoms with Crippen LogP contribution in [-0.2, 0) is 6.54 Å². The average Bonchev–Trinajstić information content (AvgIpc) is 2.86. The van der Waals surface area contributed by atoms with Gasteiger partial charge in [-0.05, 0) is 37.3 Å². The lowest BCUT2D eigenvalue weighted by molar-refractivity contribution is 0.192. The number of benzene rings is 1. The van der Waals surface area contributed by atoms with Crippen LogP contribution in [-0.4, -0.2) is 20.6 Å². The standard InChI is InChI=1S/C13H15BrN2OS/c1-2-16-12(7-8-15-16)13(17)9-18-11-5-3-10(14)4-6-11/h3-8,13,17H,2,9H2,1H3. The number of aliphatic hydroxyl groups is 1. The molecule has 5 heteroatoms. The van der Waals surface area contributed by atoms with Gasteiger partial charge in [-0.15, -0.1) is 11.8 Å². The summed E-state index contributed by atoms with van der Waals surface area (Å²) in [5.41, 5.74) is 0.877. The van der Waals surface area contributed by atoms with Crippen molar-refractivity contribution in [2.45, 2.75) is 24.5 Å². The summed E-state index contributed by atoms with van der Waals surface area (Å²) in [6.45, 7) is 2.80. The Morgan fingerprint density at radius 2 is 2.06 bits per heavy atom. The van der Waals surface area contributed by atoms with Gasteiger partial charge in [-0.3, -0.25) is 4.68 Å². The first kappa shape index (κ1) is 13.6. The van der Waals surface area contributed by atoms with Crippen molar-refractivity contribution >= 4 is 27.7 Å². The minimum atomic E-state index is -0.485. The van der Waals surface area contributed by atoms with Crippen LogP contribution in [0.1, 0.15) is 18.7 Å². The van der Waals surface area contributed by atoms with Crippen LogP contribution in [0.4, 0.5) is 0 Å². The topological polar surface area (TPSA) is 38.0 Å². The van der Waals surface area contributed by atoms with Gasteiger partial charge in [0.25, 0.3) is 0 Å². The van der Waals surface area contributed by atoms with Gasteiger partial charge in [-0.1, -0.05) is 15.9 Å². The molecule has 1 atom stereocenters. The first-order chi connectivity index (χ1) is 8.70. The molecule has 0 aliphatic rings. The fourth-order valence-electron chi connectivity index (χ4n) is 1.68. The molecule has 3 nitrogen and oxygen atoms in total. The van der Waals surface area contributed by atoms with Gasteiger partial charge in [0, 0.05) is 27.9 Å². The number of aromatic nitrogens is 2. The lowest BCUT2D eigenvalue weighted by Crippen LogP contribution is -2.09. The fraction of sp³-hybridized carbons (Fsp3) is 0.308. The second-order valence-electron chi connectivity index (χ2n) is 3.85. The molecule has 0 aliphatic heterocycles. The predicted octanol–water partition coefficient (Wildman–Crippen LogP) is 3.49. The van der Waals surface area contributed by atoms with Crippen molar-refractivity contribution in [1.82, 2.24) is 9.78 Å². The molecule has 96 valence electrons.